The lowest BCUT2D eigenvalue weighted by molar-refractivity contribution is 1.08. The first-order valence-corrected chi connectivity index (χ1v) is 9.67. The van der Waals surface area contributed by atoms with Gasteiger partial charge in [0.2, 0.25) is 0 Å². The Morgan fingerprint density at radius 3 is 1.04 bits per heavy atom. The molecule has 0 aliphatic heterocycles. The molecule has 0 saturated carbocycles. The number of hydrogen-bond acceptors (Lipinski definition) is 2. The predicted octanol–water partition coefficient (Wildman–Crippen LogP) is 6.54. The van der Waals surface area contributed by atoms with Crippen LogP contribution < -0.4 is 10.6 Å². The van der Waals surface area contributed by atoms with Crippen LogP contribution in [0.5, 0.6) is 0 Å². The van der Waals surface area contributed by atoms with Gasteiger partial charge in [0.25, 0.3) is 0 Å². The molecule has 0 unspecified atom stereocenters. The summed E-state index contributed by atoms with van der Waals surface area (Å²) in [5.41, 5.74) is 7.25. The highest BCUT2D eigenvalue weighted by Gasteiger charge is 1.99. The van der Waals surface area contributed by atoms with Gasteiger partial charge in [-0.2, -0.15) is 0 Å². The lowest BCUT2D eigenvalue weighted by atomic mass is 10.1. The van der Waals surface area contributed by atoms with Crippen molar-refractivity contribution in [2.75, 3.05) is 23.7 Å². The Balaban J connectivity index is 1.25. The van der Waals surface area contributed by atoms with Crippen molar-refractivity contribution < 1.29 is 0 Å². The Morgan fingerprint density at radius 2 is 0.679 bits per heavy atom. The van der Waals surface area contributed by atoms with Gasteiger partial charge < -0.3 is 10.6 Å². The van der Waals surface area contributed by atoms with Crippen molar-refractivity contribution in [2.24, 2.45) is 0 Å². The molecule has 0 aromatic heterocycles. The maximum absolute atomic E-state index is 3.47. The van der Waals surface area contributed by atoms with Crippen molar-refractivity contribution in [2.45, 2.75) is 0 Å². The quantitative estimate of drug-likeness (QED) is 0.364. The summed E-state index contributed by atoms with van der Waals surface area (Å²) < 4.78 is 0. The SMILES string of the molecule is c1ccc(-c2ccc(NCCNc3ccc(-c4ccccc4)cc3)cc2)cc1. The zero-order chi connectivity index (χ0) is 19.0. The molecule has 2 heteroatoms. The van der Waals surface area contributed by atoms with E-state index in [4.69, 9.17) is 0 Å². The first-order chi connectivity index (χ1) is 13.9. The fraction of sp³-hybridized carbons (Fsp3) is 0.0769. The number of rotatable bonds is 7. The van der Waals surface area contributed by atoms with Crippen LogP contribution in [0, 0.1) is 0 Å². The topological polar surface area (TPSA) is 24.1 Å². The molecule has 2 nitrogen and oxygen atoms in total. The molecule has 0 radical (unpaired) electrons. The van der Waals surface area contributed by atoms with Crippen molar-refractivity contribution in [3.8, 4) is 22.3 Å². The molecule has 0 atom stereocenters. The van der Waals surface area contributed by atoms with Crippen molar-refractivity contribution >= 4 is 11.4 Å². The second-order valence-electron chi connectivity index (χ2n) is 6.74. The van der Waals surface area contributed by atoms with Gasteiger partial charge in [0.05, 0.1) is 0 Å². The van der Waals surface area contributed by atoms with Gasteiger partial charge in [0, 0.05) is 24.5 Å². The molecule has 4 aromatic carbocycles. The summed E-state index contributed by atoms with van der Waals surface area (Å²) in [5.74, 6) is 0. The number of anilines is 2. The van der Waals surface area contributed by atoms with E-state index in [-0.39, 0.29) is 0 Å². The highest BCUT2D eigenvalue weighted by Crippen LogP contribution is 2.22. The summed E-state index contributed by atoms with van der Waals surface area (Å²) in [5, 5.41) is 6.94. The molecule has 0 aliphatic rings. The minimum atomic E-state index is 0.866. The maximum atomic E-state index is 3.47. The van der Waals surface area contributed by atoms with E-state index in [2.05, 4.69) is 108 Å². The Morgan fingerprint density at radius 1 is 0.357 bits per heavy atom. The Bertz CT molecular complexity index is 891. The van der Waals surface area contributed by atoms with E-state index >= 15 is 0 Å². The molecule has 4 rings (SSSR count). The number of nitrogens with one attached hydrogen (secondary N) is 2. The summed E-state index contributed by atoms with van der Waals surface area (Å²) in [6.45, 7) is 1.73. The molecule has 0 amide bonds. The average Bonchev–Trinajstić information content (AvgIpc) is 2.79. The van der Waals surface area contributed by atoms with Gasteiger partial charge in [-0.15, -0.1) is 0 Å². The van der Waals surface area contributed by atoms with Crippen LogP contribution in [0.25, 0.3) is 22.3 Å². The lowest BCUT2D eigenvalue weighted by Gasteiger charge is -2.10. The maximum Gasteiger partial charge on any atom is 0.0341 e. The fourth-order valence-electron chi connectivity index (χ4n) is 3.24. The molecule has 138 valence electrons. The van der Waals surface area contributed by atoms with E-state index in [1.54, 1.807) is 0 Å². The molecular formula is C26H24N2. The largest absolute Gasteiger partial charge is 0.383 e. The number of hydrogen-bond donors (Lipinski definition) is 2. The molecule has 2 N–H and O–H groups in total. The fourth-order valence-corrected chi connectivity index (χ4v) is 3.24. The molecule has 0 fully saturated rings. The van der Waals surface area contributed by atoms with E-state index < -0.39 is 0 Å². The third kappa shape index (κ3) is 4.60. The number of benzene rings is 4. The Labute approximate surface area is 166 Å². The first kappa shape index (κ1) is 17.9. The molecule has 0 saturated heterocycles. The average molecular weight is 364 g/mol. The second-order valence-corrected chi connectivity index (χ2v) is 6.74. The predicted molar refractivity (Wildman–Crippen MR) is 121 cm³/mol. The van der Waals surface area contributed by atoms with Crippen LogP contribution in [0.4, 0.5) is 11.4 Å². The molecule has 0 spiro atoms. The van der Waals surface area contributed by atoms with Crippen LogP contribution in [-0.4, -0.2) is 13.1 Å². The van der Waals surface area contributed by atoms with Crippen molar-refractivity contribution in [1.82, 2.24) is 0 Å². The summed E-state index contributed by atoms with van der Waals surface area (Å²) in [4.78, 5) is 0. The summed E-state index contributed by atoms with van der Waals surface area (Å²) in [7, 11) is 0. The van der Waals surface area contributed by atoms with Crippen molar-refractivity contribution in [1.29, 1.82) is 0 Å². The van der Waals surface area contributed by atoms with Crippen LogP contribution in [0.3, 0.4) is 0 Å². The van der Waals surface area contributed by atoms with Gasteiger partial charge in [-0.3, -0.25) is 0 Å². The monoisotopic (exact) mass is 364 g/mol. The Kier molecular flexibility index (Phi) is 5.69. The van der Waals surface area contributed by atoms with E-state index in [1.807, 2.05) is 12.1 Å². The smallest absolute Gasteiger partial charge is 0.0341 e. The third-order valence-corrected chi connectivity index (χ3v) is 4.77. The van der Waals surface area contributed by atoms with E-state index in [0.29, 0.717) is 0 Å². The van der Waals surface area contributed by atoms with Crippen LogP contribution in [0.1, 0.15) is 0 Å². The van der Waals surface area contributed by atoms with Crippen LogP contribution in [0.15, 0.2) is 109 Å². The minimum Gasteiger partial charge on any atom is -0.383 e. The summed E-state index contributed by atoms with van der Waals surface area (Å²) in [6, 6.07) is 38.1. The van der Waals surface area contributed by atoms with Gasteiger partial charge in [-0.1, -0.05) is 84.9 Å². The van der Waals surface area contributed by atoms with E-state index in [9.17, 15) is 0 Å². The molecule has 0 bridgehead atoms. The standard InChI is InChI=1S/C26H24N2/c1-3-7-21(8-4-1)23-11-15-25(16-12-23)27-19-20-28-26-17-13-24(14-18-26)22-9-5-2-6-10-22/h1-18,27-28H,19-20H2. The molecule has 0 aliphatic carbocycles. The van der Waals surface area contributed by atoms with Crippen LogP contribution in [0.2, 0.25) is 0 Å². The van der Waals surface area contributed by atoms with Crippen molar-refractivity contribution in [3.05, 3.63) is 109 Å². The van der Waals surface area contributed by atoms with Crippen LogP contribution >= 0.6 is 0 Å². The Hall–Kier alpha value is -3.52. The van der Waals surface area contributed by atoms with Gasteiger partial charge in [-0.25, -0.2) is 0 Å². The van der Waals surface area contributed by atoms with E-state index in [0.717, 1.165) is 24.5 Å². The second kappa shape index (κ2) is 8.92. The van der Waals surface area contributed by atoms with Gasteiger partial charge in [0.15, 0.2) is 0 Å². The highest BCUT2D eigenvalue weighted by molar-refractivity contribution is 5.67. The molecule has 0 heterocycles. The van der Waals surface area contributed by atoms with Crippen molar-refractivity contribution in [3.63, 3.8) is 0 Å². The van der Waals surface area contributed by atoms with E-state index in [1.165, 1.54) is 22.3 Å². The minimum absolute atomic E-state index is 0.866. The van der Waals surface area contributed by atoms with Gasteiger partial charge in [-0.05, 0) is 46.5 Å². The molecule has 28 heavy (non-hydrogen) atoms. The zero-order valence-corrected chi connectivity index (χ0v) is 15.8. The van der Waals surface area contributed by atoms with Gasteiger partial charge in [0.1, 0.15) is 0 Å². The first-order valence-electron chi connectivity index (χ1n) is 9.67. The van der Waals surface area contributed by atoms with Crippen LogP contribution in [-0.2, 0) is 0 Å². The molecular weight excluding hydrogens is 340 g/mol. The summed E-state index contributed by atoms with van der Waals surface area (Å²) >= 11 is 0. The molecule has 4 aromatic rings. The lowest BCUT2D eigenvalue weighted by Crippen LogP contribution is -2.13. The normalized spacial score (nSPS) is 10.4. The zero-order valence-electron chi connectivity index (χ0n) is 15.8. The van der Waals surface area contributed by atoms with Gasteiger partial charge >= 0.3 is 0 Å². The summed E-state index contributed by atoms with van der Waals surface area (Å²) in [6.07, 6.45) is 0. The third-order valence-electron chi connectivity index (χ3n) is 4.77. The highest BCUT2D eigenvalue weighted by atomic mass is 14.9.